The summed E-state index contributed by atoms with van der Waals surface area (Å²) in [6, 6.07) is 8.03. The molecule has 0 amide bonds. The van der Waals surface area contributed by atoms with Crippen molar-refractivity contribution in [3.8, 4) is 17.2 Å². The Kier molecular flexibility index (Phi) is 24.8. The molecule has 2 saturated carbocycles. The van der Waals surface area contributed by atoms with E-state index in [1.165, 1.54) is 36.4 Å². The van der Waals surface area contributed by atoms with Crippen LogP contribution in [0.25, 0.3) is 17.2 Å². The summed E-state index contributed by atoms with van der Waals surface area (Å²) in [5, 5.41) is 34.3. The molecule has 3 aromatic heterocycles. The van der Waals surface area contributed by atoms with Crippen LogP contribution in [0.3, 0.4) is 0 Å². The number of anilines is 2. The van der Waals surface area contributed by atoms with Gasteiger partial charge in [0.15, 0.2) is 17.2 Å². The Morgan fingerprint density at radius 3 is 1.80 bits per heavy atom. The Balaban J connectivity index is 0.000000313. The average Bonchev–Trinajstić information content (AvgIpc) is 4.10. The smallest absolute Gasteiger partial charge is 0.870 e. The van der Waals surface area contributed by atoms with Gasteiger partial charge in [-0.25, -0.2) is 49.2 Å². The predicted octanol–water partition coefficient (Wildman–Crippen LogP) is 1.87. The maximum absolute atomic E-state index is 13.6. The molecule has 0 spiro atoms. The number of hydroxylamine groups is 1. The number of nitrogens with two attached hydrogens (primary N) is 2. The van der Waals surface area contributed by atoms with E-state index in [2.05, 4.69) is 92.7 Å². The molecule has 0 aliphatic heterocycles. The first-order valence-corrected chi connectivity index (χ1v) is 27.6. The zero-order chi connectivity index (χ0) is 51.7. The van der Waals surface area contributed by atoms with Crippen LogP contribution in [0, 0.1) is 23.5 Å². The van der Waals surface area contributed by atoms with E-state index >= 15 is 0 Å². The van der Waals surface area contributed by atoms with Crippen molar-refractivity contribution in [1.82, 2.24) is 45.3 Å². The summed E-state index contributed by atoms with van der Waals surface area (Å²) in [5.41, 5.74) is 14.3. The fourth-order valence-corrected chi connectivity index (χ4v) is 11.3. The van der Waals surface area contributed by atoms with Crippen LogP contribution in [0.15, 0.2) is 78.9 Å². The van der Waals surface area contributed by atoms with Crippen LogP contribution in [-0.2, 0) is 20.0 Å². The molecule has 7 rings (SSSR count). The number of rotatable bonds is 20. The fourth-order valence-electron chi connectivity index (χ4n) is 7.74. The minimum absolute atomic E-state index is 0. The van der Waals surface area contributed by atoms with E-state index in [9.17, 15) is 35.6 Å². The zero-order valence-electron chi connectivity index (χ0n) is 40.0. The standard InChI is InChI=1S/C21H26BrFN8O5S.C20H28BrFN8O4S.Na.H2O/c22-15-11-14(7-8-16(15)23)31-19(29-35-21(31)32)17-18(28-36-27-17)25-9-4-10-26-20(24)30-37(33,34)12-13-5-2-1-3-6-13;21-15-11-14(7-8-16(15)22)26-19(27-31)17-18(29-34-28-17)24-9-4-10-25-20(23)30-35(32,33)12-13-5-2-1-3-6-13;;/h7-8,11,13H,1-6,9-10,12H2,(H,25,28)(H3,24,26,30);7-8,11,13,31H,1-6,9-10,12H2,(H,24,29)(H,26,27)(H3,23,25,30);;1H2/q;;+1;/p-1. The van der Waals surface area contributed by atoms with Gasteiger partial charge in [-0.05, 0) is 139 Å². The van der Waals surface area contributed by atoms with Gasteiger partial charge in [0.2, 0.25) is 49.4 Å². The number of amidine groups is 1. The number of sulfonamides is 2. The summed E-state index contributed by atoms with van der Waals surface area (Å²) in [7, 11) is -7.07. The minimum atomic E-state index is -3.54. The Morgan fingerprint density at radius 2 is 1.26 bits per heavy atom. The molecular weight excluding hydrogens is 1160 g/mol. The normalized spacial score (nSPS) is 15.0. The van der Waals surface area contributed by atoms with Crippen LogP contribution in [0.4, 0.5) is 26.1 Å². The molecule has 11 N–H and O–H groups in total. The number of aromatic nitrogens is 6. The summed E-state index contributed by atoms with van der Waals surface area (Å²) in [4.78, 5) is 24.6. The first kappa shape index (κ1) is 61.5. The van der Waals surface area contributed by atoms with Gasteiger partial charge in [-0.1, -0.05) is 43.7 Å². The van der Waals surface area contributed by atoms with Crippen LogP contribution in [0.1, 0.15) is 82.7 Å². The molecule has 26 nitrogen and oxygen atoms in total. The molecule has 0 saturated heterocycles. The second-order valence-electron chi connectivity index (χ2n) is 16.7. The van der Waals surface area contributed by atoms with Gasteiger partial charge in [-0.2, -0.15) is 0 Å². The third-order valence-corrected chi connectivity index (χ3v) is 15.2. The number of nitrogens with zero attached hydrogens (tertiary/aromatic N) is 9. The summed E-state index contributed by atoms with van der Waals surface area (Å²) in [6.07, 6.45) is 11.2. The van der Waals surface area contributed by atoms with Gasteiger partial charge in [-0.3, -0.25) is 34.6 Å². The van der Waals surface area contributed by atoms with Gasteiger partial charge >= 0.3 is 35.3 Å². The maximum Gasteiger partial charge on any atom is 1.00 e. The Labute approximate surface area is 462 Å². The Bertz CT molecular complexity index is 2970. The Morgan fingerprint density at radius 1 is 0.743 bits per heavy atom. The Hall–Kier alpha value is -5.09. The fraction of sp³-hybridized carbons (Fsp3) is 0.488. The number of benzene rings is 2. The van der Waals surface area contributed by atoms with Gasteiger partial charge in [0.05, 0.1) is 31.8 Å². The molecule has 0 radical (unpaired) electrons. The largest absolute Gasteiger partial charge is 1.00 e. The summed E-state index contributed by atoms with van der Waals surface area (Å²) < 4.78 is 96.7. The second kappa shape index (κ2) is 29.9. The quantitative estimate of drug-likeness (QED) is 0.0181. The number of halogens is 4. The van der Waals surface area contributed by atoms with E-state index in [1.807, 2.05) is 5.48 Å². The van der Waals surface area contributed by atoms with E-state index in [4.69, 9.17) is 25.2 Å². The van der Waals surface area contributed by atoms with E-state index in [-0.39, 0.29) is 127 Å². The first-order chi connectivity index (χ1) is 34.5. The summed E-state index contributed by atoms with van der Waals surface area (Å²) in [5.74, 6) is -1.31. The summed E-state index contributed by atoms with van der Waals surface area (Å²) in [6.45, 7) is 1.21. The number of aliphatic imine (C=N–C) groups is 3. The average molecular weight is 1220 g/mol. The van der Waals surface area contributed by atoms with Crippen LogP contribution in [0.5, 0.6) is 0 Å². The van der Waals surface area contributed by atoms with Gasteiger partial charge in [0.1, 0.15) is 11.6 Å². The molecule has 0 atom stereocenters. The van der Waals surface area contributed by atoms with Crippen molar-refractivity contribution in [1.29, 1.82) is 0 Å². The van der Waals surface area contributed by atoms with E-state index in [1.54, 1.807) is 0 Å². The minimum Gasteiger partial charge on any atom is -0.870 e. The van der Waals surface area contributed by atoms with Crippen molar-refractivity contribution in [3.05, 3.63) is 73.2 Å². The first-order valence-electron chi connectivity index (χ1n) is 22.7. The third-order valence-electron chi connectivity index (χ3n) is 11.1. The molecule has 2 aliphatic carbocycles. The maximum atomic E-state index is 13.6. The number of hydrogen-bond acceptors (Lipinski definition) is 20. The van der Waals surface area contributed by atoms with Crippen molar-refractivity contribution in [2.45, 2.75) is 77.0 Å². The molecule has 400 valence electrons. The molecule has 2 aromatic carbocycles. The van der Waals surface area contributed by atoms with Crippen molar-refractivity contribution >= 4 is 87.0 Å². The SMILES string of the molecule is NC(=NCCCNc1nonc1-c1noc(=O)n1-c1ccc(F)c(Br)c1)NS(=O)(=O)CC1CCCCC1.NC(=NCCCNc1nonc1C(=Nc1ccc(F)c(Br)c1)NO)NS(=O)(=O)CC1CCCCC1.[Na+].[OH-]. The molecule has 0 unspecified atom stereocenters. The van der Waals surface area contributed by atoms with E-state index in [0.717, 1.165) is 68.8 Å². The van der Waals surface area contributed by atoms with Gasteiger partial charge in [-0.15, -0.1) is 0 Å². The molecule has 0 bridgehead atoms. The topological polar surface area (TPSA) is 394 Å². The van der Waals surface area contributed by atoms with Crippen LogP contribution in [0.2, 0.25) is 0 Å². The van der Waals surface area contributed by atoms with Crippen LogP contribution in [-0.4, -0.2) is 113 Å². The molecule has 2 fully saturated rings. The van der Waals surface area contributed by atoms with Crippen molar-refractivity contribution in [2.75, 3.05) is 48.3 Å². The predicted molar refractivity (Wildman–Crippen MR) is 271 cm³/mol. The molecular formula is C41H55Br2F2N16NaO10S2. The van der Waals surface area contributed by atoms with E-state index < -0.39 is 37.4 Å². The van der Waals surface area contributed by atoms with Crippen LogP contribution < -0.4 is 72.3 Å². The summed E-state index contributed by atoms with van der Waals surface area (Å²) >= 11 is 6.16. The molecule has 3 heterocycles. The monoisotopic (exact) mass is 1210 g/mol. The number of hydrogen-bond donors (Lipinski definition) is 8. The molecule has 33 heteroatoms. The van der Waals surface area contributed by atoms with Crippen molar-refractivity contribution < 1.29 is 79.6 Å². The number of nitrogens with one attached hydrogen (secondary N) is 5. The molecule has 74 heavy (non-hydrogen) atoms. The van der Waals surface area contributed by atoms with Gasteiger partial charge in [0.25, 0.3) is 0 Å². The zero-order valence-corrected chi connectivity index (χ0v) is 46.8. The van der Waals surface area contributed by atoms with Gasteiger partial charge < -0.3 is 27.6 Å². The van der Waals surface area contributed by atoms with Crippen molar-refractivity contribution in [2.24, 2.45) is 38.3 Å². The second-order valence-corrected chi connectivity index (χ2v) is 21.9. The number of guanidine groups is 2. The molecule has 5 aromatic rings. The van der Waals surface area contributed by atoms with E-state index in [0.29, 0.717) is 37.3 Å². The van der Waals surface area contributed by atoms with Crippen LogP contribution >= 0.6 is 31.9 Å². The van der Waals surface area contributed by atoms with Gasteiger partial charge in [0, 0.05) is 26.2 Å². The van der Waals surface area contributed by atoms with Crippen molar-refractivity contribution in [3.63, 3.8) is 0 Å². The third kappa shape index (κ3) is 18.9. The molecule has 2 aliphatic rings.